The van der Waals surface area contributed by atoms with Gasteiger partial charge in [0.15, 0.2) is 0 Å². The molecule has 17 heavy (non-hydrogen) atoms. The lowest BCUT2D eigenvalue weighted by Crippen LogP contribution is -2.35. The van der Waals surface area contributed by atoms with Crippen molar-refractivity contribution in [2.45, 2.75) is 25.5 Å². The standard InChI is InChI=1S/C12H18BrN3O/c1-8-11(13)3-4-12(15-8)16(2)7-9-5-10(17)6-14-9/h3-4,9-10,14,17H,5-7H2,1-2H3/t9-,10+/m0/s1. The second kappa shape index (κ2) is 5.33. The Morgan fingerprint density at radius 3 is 2.94 bits per heavy atom. The van der Waals surface area contributed by atoms with Crippen molar-refractivity contribution >= 4 is 21.7 Å². The van der Waals surface area contributed by atoms with E-state index in [2.05, 4.69) is 31.1 Å². The van der Waals surface area contributed by atoms with Gasteiger partial charge in [0.1, 0.15) is 5.82 Å². The zero-order valence-corrected chi connectivity index (χ0v) is 11.7. The first kappa shape index (κ1) is 12.8. The lowest BCUT2D eigenvalue weighted by molar-refractivity contribution is 0.193. The van der Waals surface area contributed by atoms with Crippen molar-refractivity contribution < 1.29 is 5.11 Å². The van der Waals surface area contributed by atoms with Crippen LogP contribution in [0, 0.1) is 6.92 Å². The molecule has 0 aromatic carbocycles. The molecule has 0 spiro atoms. The molecule has 1 fully saturated rings. The number of anilines is 1. The molecule has 0 aliphatic carbocycles. The van der Waals surface area contributed by atoms with E-state index in [1.165, 1.54) is 0 Å². The van der Waals surface area contributed by atoms with Gasteiger partial charge >= 0.3 is 0 Å². The number of likely N-dealkylation sites (N-methyl/N-ethyl adjacent to an activating group) is 1. The fourth-order valence-electron chi connectivity index (χ4n) is 2.10. The van der Waals surface area contributed by atoms with Crippen LogP contribution in [0.15, 0.2) is 16.6 Å². The third-order valence-corrected chi connectivity index (χ3v) is 3.93. The molecule has 4 nitrogen and oxygen atoms in total. The molecule has 1 saturated heterocycles. The maximum absolute atomic E-state index is 9.46. The Hall–Kier alpha value is -0.650. The van der Waals surface area contributed by atoms with E-state index in [-0.39, 0.29) is 6.10 Å². The summed E-state index contributed by atoms with van der Waals surface area (Å²) in [6, 6.07) is 4.37. The summed E-state index contributed by atoms with van der Waals surface area (Å²) in [5.74, 6) is 0.967. The van der Waals surface area contributed by atoms with E-state index >= 15 is 0 Å². The quantitative estimate of drug-likeness (QED) is 0.884. The van der Waals surface area contributed by atoms with E-state index in [4.69, 9.17) is 0 Å². The van der Waals surface area contributed by atoms with Crippen LogP contribution in [0.3, 0.4) is 0 Å². The van der Waals surface area contributed by atoms with E-state index in [0.29, 0.717) is 12.6 Å². The molecule has 0 unspecified atom stereocenters. The topological polar surface area (TPSA) is 48.4 Å². The molecule has 1 aliphatic rings. The Bertz CT molecular complexity index is 399. The molecular formula is C12H18BrN3O. The predicted octanol–water partition coefficient (Wildman–Crippen LogP) is 1.31. The maximum atomic E-state index is 9.46. The predicted molar refractivity (Wildman–Crippen MR) is 72.4 cm³/mol. The lowest BCUT2D eigenvalue weighted by Gasteiger charge is -2.22. The van der Waals surface area contributed by atoms with Crippen LogP contribution >= 0.6 is 15.9 Å². The van der Waals surface area contributed by atoms with Crippen molar-refractivity contribution in [2.24, 2.45) is 0 Å². The molecule has 94 valence electrons. The second-order valence-electron chi connectivity index (χ2n) is 4.61. The summed E-state index contributed by atoms with van der Waals surface area (Å²) >= 11 is 3.45. The number of aromatic nitrogens is 1. The number of nitrogens with one attached hydrogen (secondary N) is 1. The summed E-state index contributed by atoms with van der Waals surface area (Å²) in [5, 5.41) is 12.8. The van der Waals surface area contributed by atoms with Gasteiger partial charge in [-0.2, -0.15) is 0 Å². The third-order valence-electron chi connectivity index (χ3n) is 3.09. The molecule has 2 N–H and O–H groups in total. The van der Waals surface area contributed by atoms with Crippen molar-refractivity contribution in [3.05, 3.63) is 22.3 Å². The first-order valence-corrected chi connectivity index (χ1v) is 6.61. The van der Waals surface area contributed by atoms with Crippen molar-refractivity contribution in [3.63, 3.8) is 0 Å². The number of aliphatic hydroxyl groups excluding tert-OH is 1. The highest BCUT2D eigenvalue weighted by atomic mass is 79.9. The molecule has 1 aromatic rings. The molecule has 1 aromatic heterocycles. The smallest absolute Gasteiger partial charge is 0.128 e. The number of rotatable bonds is 3. The van der Waals surface area contributed by atoms with Crippen molar-refractivity contribution in [3.8, 4) is 0 Å². The average Bonchev–Trinajstić information content (AvgIpc) is 2.68. The van der Waals surface area contributed by atoms with E-state index < -0.39 is 0 Å². The van der Waals surface area contributed by atoms with E-state index in [0.717, 1.165) is 29.0 Å². The SMILES string of the molecule is Cc1nc(N(C)C[C@@H]2C[C@@H](O)CN2)ccc1Br. The van der Waals surface area contributed by atoms with E-state index in [1.807, 2.05) is 26.1 Å². The number of hydrogen-bond acceptors (Lipinski definition) is 4. The minimum Gasteiger partial charge on any atom is -0.392 e. The highest BCUT2D eigenvalue weighted by molar-refractivity contribution is 9.10. The molecular weight excluding hydrogens is 282 g/mol. The summed E-state index contributed by atoms with van der Waals surface area (Å²) in [6.07, 6.45) is 0.618. The highest BCUT2D eigenvalue weighted by Crippen LogP contribution is 2.19. The van der Waals surface area contributed by atoms with Crippen molar-refractivity contribution in [1.82, 2.24) is 10.3 Å². The Morgan fingerprint density at radius 2 is 2.35 bits per heavy atom. The number of nitrogens with zero attached hydrogens (tertiary/aromatic N) is 2. The molecule has 5 heteroatoms. The molecule has 0 radical (unpaired) electrons. The summed E-state index contributed by atoms with van der Waals surface area (Å²) in [4.78, 5) is 6.64. The maximum Gasteiger partial charge on any atom is 0.128 e. The van der Waals surface area contributed by atoms with Crippen LogP contribution in [0.25, 0.3) is 0 Å². The zero-order chi connectivity index (χ0) is 12.4. The Balaban J connectivity index is 1.99. The van der Waals surface area contributed by atoms with E-state index in [1.54, 1.807) is 0 Å². The third kappa shape index (κ3) is 3.18. The summed E-state index contributed by atoms with van der Waals surface area (Å²) in [7, 11) is 2.03. The normalized spacial score (nSPS) is 24.0. The van der Waals surface area contributed by atoms with Gasteiger partial charge in [-0.05, 0) is 41.4 Å². The Kier molecular flexibility index (Phi) is 4.01. The molecule has 0 bridgehead atoms. The number of aliphatic hydroxyl groups is 1. The first-order valence-electron chi connectivity index (χ1n) is 5.82. The largest absolute Gasteiger partial charge is 0.392 e. The van der Waals surface area contributed by atoms with Crippen LogP contribution in [-0.4, -0.2) is 42.4 Å². The van der Waals surface area contributed by atoms with Gasteiger partial charge in [-0.1, -0.05) is 0 Å². The minimum atomic E-state index is -0.201. The summed E-state index contributed by atoms with van der Waals surface area (Å²) in [6.45, 7) is 3.55. The first-order chi connectivity index (χ1) is 8.06. The lowest BCUT2D eigenvalue weighted by atomic mass is 10.2. The van der Waals surface area contributed by atoms with Crippen LogP contribution < -0.4 is 10.2 Å². The van der Waals surface area contributed by atoms with Crippen LogP contribution in [-0.2, 0) is 0 Å². The van der Waals surface area contributed by atoms with Crippen LogP contribution in [0.5, 0.6) is 0 Å². The Morgan fingerprint density at radius 1 is 1.59 bits per heavy atom. The fraction of sp³-hybridized carbons (Fsp3) is 0.583. The zero-order valence-electron chi connectivity index (χ0n) is 10.2. The molecule has 2 rings (SSSR count). The number of aryl methyl sites for hydroxylation is 1. The van der Waals surface area contributed by atoms with Gasteiger partial charge in [-0.25, -0.2) is 4.98 Å². The van der Waals surface area contributed by atoms with Gasteiger partial charge in [0.25, 0.3) is 0 Å². The van der Waals surface area contributed by atoms with Crippen LogP contribution in [0.4, 0.5) is 5.82 Å². The number of β-amino-alcohol motifs (C(OH)–C–C–N with tert-alkyl or cyclic N) is 1. The number of hydrogen-bond donors (Lipinski definition) is 2. The monoisotopic (exact) mass is 299 g/mol. The molecule has 0 amide bonds. The summed E-state index contributed by atoms with van der Waals surface area (Å²) < 4.78 is 1.03. The molecule has 0 saturated carbocycles. The Labute approximate surface area is 110 Å². The van der Waals surface area contributed by atoms with Gasteiger partial charge in [0, 0.05) is 30.7 Å². The fourth-order valence-corrected chi connectivity index (χ4v) is 2.33. The van der Waals surface area contributed by atoms with Crippen molar-refractivity contribution in [2.75, 3.05) is 25.0 Å². The molecule has 2 atom stereocenters. The van der Waals surface area contributed by atoms with Crippen molar-refractivity contribution in [1.29, 1.82) is 0 Å². The second-order valence-corrected chi connectivity index (χ2v) is 5.47. The van der Waals surface area contributed by atoms with Gasteiger partial charge in [-0.3, -0.25) is 0 Å². The van der Waals surface area contributed by atoms with Gasteiger partial charge in [-0.15, -0.1) is 0 Å². The van der Waals surface area contributed by atoms with Crippen LogP contribution in [0.1, 0.15) is 12.1 Å². The van der Waals surface area contributed by atoms with Gasteiger partial charge < -0.3 is 15.3 Å². The van der Waals surface area contributed by atoms with Gasteiger partial charge in [0.2, 0.25) is 0 Å². The average molecular weight is 300 g/mol. The molecule has 1 aliphatic heterocycles. The summed E-state index contributed by atoms with van der Waals surface area (Å²) in [5.41, 5.74) is 0.994. The van der Waals surface area contributed by atoms with E-state index in [9.17, 15) is 5.11 Å². The number of pyridine rings is 1. The highest BCUT2D eigenvalue weighted by Gasteiger charge is 2.23. The van der Waals surface area contributed by atoms with Crippen LogP contribution in [0.2, 0.25) is 0 Å². The van der Waals surface area contributed by atoms with Gasteiger partial charge in [0.05, 0.1) is 11.8 Å². The minimum absolute atomic E-state index is 0.201. The number of halogens is 1. The molecule has 2 heterocycles.